The number of rotatable bonds is 7. The van der Waals surface area contributed by atoms with E-state index in [2.05, 4.69) is 71.2 Å². The Morgan fingerprint density at radius 2 is 1.79 bits per heavy atom. The number of likely N-dealkylation sites (N-methyl/N-ethyl adjacent to an activating group) is 2. The van der Waals surface area contributed by atoms with E-state index in [0.29, 0.717) is 6.54 Å². The van der Waals surface area contributed by atoms with E-state index in [1.165, 1.54) is 5.56 Å². The molecule has 0 radical (unpaired) electrons. The molecule has 8 nitrogen and oxygen atoms in total. The maximum Gasteiger partial charge on any atom is 0.236 e. The van der Waals surface area contributed by atoms with E-state index in [1.807, 2.05) is 24.7 Å². The molecule has 0 aliphatic heterocycles. The van der Waals surface area contributed by atoms with Crippen LogP contribution < -0.4 is 0 Å². The number of nitrogens with zero attached hydrogens (tertiary/aromatic N) is 6. The van der Waals surface area contributed by atoms with Crippen LogP contribution in [-0.4, -0.2) is 68.2 Å². The summed E-state index contributed by atoms with van der Waals surface area (Å²) in [4.78, 5) is 20.1. The summed E-state index contributed by atoms with van der Waals surface area (Å²) >= 11 is 0. The van der Waals surface area contributed by atoms with Crippen LogP contribution in [0.25, 0.3) is 28.2 Å². The summed E-state index contributed by atoms with van der Waals surface area (Å²) in [5.74, 6) is 0.369. The molecule has 34 heavy (non-hydrogen) atoms. The summed E-state index contributed by atoms with van der Waals surface area (Å²) in [7, 11) is 5.54. The van der Waals surface area contributed by atoms with Crippen molar-refractivity contribution in [2.45, 2.75) is 39.7 Å². The van der Waals surface area contributed by atoms with Crippen LogP contribution in [0.3, 0.4) is 0 Å². The molecule has 0 bridgehead atoms. The van der Waals surface area contributed by atoms with Gasteiger partial charge in [0.25, 0.3) is 0 Å². The van der Waals surface area contributed by atoms with Gasteiger partial charge in [0.2, 0.25) is 5.91 Å². The van der Waals surface area contributed by atoms with Gasteiger partial charge in [-0.3, -0.25) is 14.8 Å². The van der Waals surface area contributed by atoms with Crippen molar-refractivity contribution in [2.75, 3.05) is 27.7 Å². The van der Waals surface area contributed by atoms with E-state index in [0.717, 1.165) is 39.3 Å². The van der Waals surface area contributed by atoms with Crippen LogP contribution in [0.2, 0.25) is 0 Å². The number of nitrogens with one attached hydrogen (secondary N) is 1. The average molecular weight is 460 g/mol. The molecule has 3 heterocycles. The lowest BCUT2D eigenvalue weighted by atomic mass is 9.93. The summed E-state index contributed by atoms with van der Waals surface area (Å²) in [5.41, 5.74) is 8.32. The summed E-state index contributed by atoms with van der Waals surface area (Å²) in [6, 6.07) is 10.7. The van der Waals surface area contributed by atoms with E-state index in [4.69, 9.17) is 5.10 Å². The maximum atomic E-state index is 12.1. The van der Waals surface area contributed by atoms with Gasteiger partial charge < -0.3 is 4.90 Å². The molecule has 1 aromatic carbocycles. The first-order valence-corrected chi connectivity index (χ1v) is 11.6. The minimum Gasteiger partial charge on any atom is -0.348 e. The average Bonchev–Trinajstić information content (AvgIpc) is 3.46. The second kappa shape index (κ2) is 9.38. The van der Waals surface area contributed by atoms with E-state index < -0.39 is 0 Å². The Labute approximate surface area is 200 Å². The molecule has 0 saturated heterocycles. The predicted molar refractivity (Wildman–Crippen MR) is 135 cm³/mol. The molecule has 1 N–H and O–H groups in total. The van der Waals surface area contributed by atoms with E-state index in [-0.39, 0.29) is 17.9 Å². The molecule has 178 valence electrons. The van der Waals surface area contributed by atoms with Crippen LogP contribution in [0.15, 0.2) is 42.9 Å². The first kappa shape index (κ1) is 23.6. The second-order valence-electron chi connectivity index (χ2n) is 9.46. The minimum absolute atomic E-state index is 0.0934. The van der Waals surface area contributed by atoms with Gasteiger partial charge in [0, 0.05) is 43.0 Å². The molecular formula is C26H33N7O. The van der Waals surface area contributed by atoms with Gasteiger partial charge in [-0.1, -0.05) is 38.1 Å². The molecule has 0 fully saturated rings. The summed E-state index contributed by atoms with van der Waals surface area (Å²) in [6.07, 6.45) is 3.57. The van der Waals surface area contributed by atoms with Gasteiger partial charge in [0.1, 0.15) is 6.33 Å². The summed E-state index contributed by atoms with van der Waals surface area (Å²) in [6.45, 7) is 8.92. The number of aromatic amines is 1. The van der Waals surface area contributed by atoms with Gasteiger partial charge in [-0.2, -0.15) is 10.2 Å². The van der Waals surface area contributed by atoms with Crippen molar-refractivity contribution in [2.24, 2.45) is 0 Å². The summed E-state index contributed by atoms with van der Waals surface area (Å²) < 4.78 is 1.81. The van der Waals surface area contributed by atoms with Gasteiger partial charge in [0.05, 0.1) is 17.9 Å². The number of H-pyrrole nitrogens is 1. The molecule has 1 atom stereocenters. The fourth-order valence-corrected chi connectivity index (χ4v) is 4.25. The topological polar surface area (TPSA) is 82.4 Å². The second-order valence-corrected chi connectivity index (χ2v) is 9.46. The zero-order chi connectivity index (χ0) is 24.6. The normalized spacial score (nSPS) is 12.6. The SMILES string of the molecule is Cc1cc(-c2[nH]nc(-c3ccc(C(C)N(C)CC(=O)N(C)C)cc3)c2C(C)C)cn2ncnc12. The molecule has 0 spiro atoms. The van der Waals surface area contributed by atoms with E-state index in [9.17, 15) is 4.79 Å². The van der Waals surface area contributed by atoms with Crippen molar-refractivity contribution in [1.82, 2.24) is 34.6 Å². The maximum absolute atomic E-state index is 12.1. The van der Waals surface area contributed by atoms with Gasteiger partial charge in [-0.25, -0.2) is 9.50 Å². The third-order valence-corrected chi connectivity index (χ3v) is 6.44. The van der Waals surface area contributed by atoms with Gasteiger partial charge in [0.15, 0.2) is 5.65 Å². The van der Waals surface area contributed by atoms with Crippen molar-refractivity contribution in [1.29, 1.82) is 0 Å². The zero-order valence-electron chi connectivity index (χ0n) is 21.0. The fourth-order valence-electron chi connectivity index (χ4n) is 4.25. The molecule has 0 aliphatic carbocycles. The number of amides is 1. The van der Waals surface area contributed by atoms with E-state index in [1.54, 1.807) is 25.3 Å². The van der Waals surface area contributed by atoms with Crippen molar-refractivity contribution in [3.8, 4) is 22.5 Å². The van der Waals surface area contributed by atoms with Crippen molar-refractivity contribution < 1.29 is 4.79 Å². The van der Waals surface area contributed by atoms with Gasteiger partial charge in [-0.05, 0) is 44.0 Å². The number of fused-ring (bicyclic) bond motifs is 1. The van der Waals surface area contributed by atoms with Gasteiger partial charge in [-0.15, -0.1) is 0 Å². The van der Waals surface area contributed by atoms with Crippen molar-refractivity contribution >= 4 is 11.6 Å². The number of aryl methyl sites for hydroxylation is 1. The van der Waals surface area contributed by atoms with Crippen LogP contribution in [0.5, 0.6) is 0 Å². The number of benzene rings is 1. The standard InChI is InChI=1S/C26H33N7O/c1-16(2)23-24(29-30-25(23)21-12-17(3)26-27-15-28-33(26)13-21)20-10-8-19(9-11-20)18(4)32(7)14-22(34)31(5)6/h8-13,15-16,18H,14H2,1-7H3,(H,29,30). The Kier molecular flexibility index (Phi) is 6.52. The number of pyridine rings is 1. The summed E-state index contributed by atoms with van der Waals surface area (Å²) in [5, 5.41) is 12.3. The molecule has 1 amide bonds. The Bertz CT molecular complexity index is 1300. The molecule has 4 rings (SSSR count). The largest absolute Gasteiger partial charge is 0.348 e. The van der Waals surface area contributed by atoms with Crippen LogP contribution in [0.1, 0.15) is 49.4 Å². The highest BCUT2D eigenvalue weighted by Gasteiger charge is 2.21. The molecule has 0 saturated carbocycles. The van der Waals surface area contributed by atoms with Crippen LogP contribution in [-0.2, 0) is 4.79 Å². The smallest absolute Gasteiger partial charge is 0.236 e. The number of aromatic nitrogens is 5. The molecule has 1 unspecified atom stereocenters. The minimum atomic E-state index is 0.0934. The highest BCUT2D eigenvalue weighted by atomic mass is 16.2. The third kappa shape index (κ3) is 4.46. The number of carbonyl (C=O) groups is 1. The van der Waals surface area contributed by atoms with Crippen LogP contribution >= 0.6 is 0 Å². The lowest BCUT2D eigenvalue weighted by Gasteiger charge is -2.26. The Balaban J connectivity index is 1.65. The first-order chi connectivity index (χ1) is 16.2. The zero-order valence-corrected chi connectivity index (χ0v) is 21.0. The lowest BCUT2D eigenvalue weighted by Crippen LogP contribution is -2.35. The van der Waals surface area contributed by atoms with Gasteiger partial charge >= 0.3 is 0 Å². The quantitative estimate of drug-likeness (QED) is 0.446. The highest BCUT2D eigenvalue weighted by Crippen LogP contribution is 2.36. The van der Waals surface area contributed by atoms with Crippen molar-refractivity contribution in [3.05, 3.63) is 59.5 Å². The monoisotopic (exact) mass is 459 g/mol. The first-order valence-electron chi connectivity index (χ1n) is 11.6. The fraction of sp³-hybridized carbons (Fsp3) is 0.385. The molecule has 4 aromatic rings. The number of hydrogen-bond donors (Lipinski definition) is 1. The van der Waals surface area contributed by atoms with Crippen LogP contribution in [0.4, 0.5) is 0 Å². The third-order valence-electron chi connectivity index (χ3n) is 6.44. The number of carbonyl (C=O) groups excluding carboxylic acids is 1. The molecular weight excluding hydrogens is 426 g/mol. The Hall–Kier alpha value is -3.52. The number of hydrogen-bond acceptors (Lipinski definition) is 5. The lowest BCUT2D eigenvalue weighted by molar-refractivity contribution is -0.130. The van der Waals surface area contributed by atoms with Crippen LogP contribution in [0, 0.1) is 6.92 Å². The molecule has 3 aromatic heterocycles. The Morgan fingerprint density at radius 3 is 2.44 bits per heavy atom. The Morgan fingerprint density at radius 1 is 1.09 bits per heavy atom. The van der Waals surface area contributed by atoms with Crippen molar-refractivity contribution in [3.63, 3.8) is 0 Å². The molecule has 8 heteroatoms. The van der Waals surface area contributed by atoms with E-state index >= 15 is 0 Å². The highest BCUT2D eigenvalue weighted by molar-refractivity contribution is 5.78. The predicted octanol–water partition coefficient (Wildman–Crippen LogP) is 4.30. The molecule has 0 aliphatic rings.